The molecule has 106 valence electrons. The van der Waals surface area contributed by atoms with Crippen LogP contribution in [0.15, 0.2) is 30.5 Å². The minimum absolute atomic E-state index is 0.313. The summed E-state index contributed by atoms with van der Waals surface area (Å²) in [6, 6.07) is 9.04. The second kappa shape index (κ2) is 6.03. The molecule has 1 aromatic carbocycles. The lowest BCUT2D eigenvalue weighted by Gasteiger charge is -2.11. The number of hydrazine groups is 1. The highest BCUT2D eigenvalue weighted by Crippen LogP contribution is 2.21. The molecular formula is C15H15N5O. The average Bonchev–Trinajstić information content (AvgIpc) is 2.47. The first-order valence-corrected chi connectivity index (χ1v) is 6.31. The van der Waals surface area contributed by atoms with Crippen molar-refractivity contribution in [2.24, 2.45) is 5.84 Å². The number of rotatable bonds is 3. The first-order valence-electron chi connectivity index (χ1n) is 6.31. The zero-order valence-electron chi connectivity index (χ0n) is 11.8. The standard InChI is InChI=1S/C15H15N5O/c1-9-4-3-5-13(11(9)7-16)19-15(21)12-8-18-10(2)6-14(12)20-17/h3-6,8H,17H2,1-2H3,(H,18,20)(H,19,21). The van der Waals surface area contributed by atoms with Gasteiger partial charge in [0.15, 0.2) is 0 Å². The van der Waals surface area contributed by atoms with Gasteiger partial charge in [-0.05, 0) is 31.5 Å². The van der Waals surface area contributed by atoms with Crippen LogP contribution in [0.1, 0.15) is 27.2 Å². The minimum atomic E-state index is -0.377. The number of hydrogen-bond acceptors (Lipinski definition) is 5. The Kier molecular flexibility index (Phi) is 4.16. The molecule has 0 saturated heterocycles. The van der Waals surface area contributed by atoms with E-state index < -0.39 is 0 Å². The number of nitriles is 1. The lowest BCUT2D eigenvalue weighted by atomic mass is 10.1. The number of pyridine rings is 1. The predicted octanol–water partition coefficient (Wildman–Crippen LogP) is 2.11. The monoisotopic (exact) mass is 281 g/mol. The van der Waals surface area contributed by atoms with Crippen LogP contribution in [-0.4, -0.2) is 10.9 Å². The van der Waals surface area contributed by atoms with Crippen molar-refractivity contribution >= 4 is 17.3 Å². The fourth-order valence-electron chi connectivity index (χ4n) is 1.97. The fraction of sp³-hybridized carbons (Fsp3) is 0.133. The van der Waals surface area contributed by atoms with E-state index in [9.17, 15) is 10.1 Å². The highest BCUT2D eigenvalue weighted by molar-refractivity contribution is 6.08. The molecule has 1 amide bonds. The van der Waals surface area contributed by atoms with Gasteiger partial charge in [0.25, 0.3) is 5.91 Å². The molecule has 0 fully saturated rings. The molecule has 0 bridgehead atoms. The predicted molar refractivity (Wildman–Crippen MR) is 80.6 cm³/mol. The molecule has 21 heavy (non-hydrogen) atoms. The third-order valence-electron chi connectivity index (χ3n) is 3.07. The molecule has 0 radical (unpaired) electrons. The minimum Gasteiger partial charge on any atom is -0.323 e. The Hall–Kier alpha value is -2.91. The number of nitrogens with two attached hydrogens (primary N) is 1. The van der Waals surface area contributed by atoms with E-state index in [1.54, 1.807) is 25.1 Å². The molecule has 0 aliphatic carbocycles. The third kappa shape index (κ3) is 2.99. The first kappa shape index (κ1) is 14.5. The highest BCUT2D eigenvalue weighted by atomic mass is 16.1. The summed E-state index contributed by atoms with van der Waals surface area (Å²) < 4.78 is 0. The molecule has 0 aliphatic heterocycles. The molecule has 6 heteroatoms. The largest absolute Gasteiger partial charge is 0.323 e. The van der Waals surface area contributed by atoms with E-state index in [0.29, 0.717) is 22.5 Å². The van der Waals surface area contributed by atoms with Gasteiger partial charge in [0.1, 0.15) is 6.07 Å². The molecule has 1 aromatic heterocycles. The normalized spacial score (nSPS) is 9.81. The summed E-state index contributed by atoms with van der Waals surface area (Å²) >= 11 is 0. The van der Waals surface area contributed by atoms with Gasteiger partial charge in [-0.1, -0.05) is 12.1 Å². The number of nitrogens with zero attached hydrogens (tertiary/aromatic N) is 2. The van der Waals surface area contributed by atoms with Gasteiger partial charge >= 0.3 is 0 Å². The van der Waals surface area contributed by atoms with Crippen molar-refractivity contribution in [3.63, 3.8) is 0 Å². The van der Waals surface area contributed by atoms with Gasteiger partial charge in [-0.15, -0.1) is 0 Å². The lowest BCUT2D eigenvalue weighted by Crippen LogP contribution is -2.18. The third-order valence-corrected chi connectivity index (χ3v) is 3.07. The van der Waals surface area contributed by atoms with Gasteiger partial charge < -0.3 is 10.7 Å². The summed E-state index contributed by atoms with van der Waals surface area (Å²) in [5.41, 5.74) is 5.71. The van der Waals surface area contributed by atoms with E-state index in [-0.39, 0.29) is 5.91 Å². The van der Waals surface area contributed by atoms with Crippen molar-refractivity contribution in [2.75, 3.05) is 10.7 Å². The Morgan fingerprint density at radius 1 is 1.33 bits per heavy atom. The van der Waals surface area contributed by atoms with Gasteiger partial charge in [-0.25, -0.2) is 0 Å². The van der Waals surface area contributed by atoms with Gasteiger partial charge in [-0.2, -0.15) is 5.26 Å². The molecule has 6 nitrogen and oxygen atoms in total. The van der Waals surface area contributed by atoms with E-state index in [1.165, 1.54) is 6.20 Å². The van der Waals surface area contributed by atoms with Crippen LogP contribution in [0.3, 0.4) is 0 Å². The van der Waals surface area contributed by atoms with E-state index >= 15 is 0 Å². The highest BCUT2D eigenvalue weighted by Gasteiger charge is 2.14. The average molecular weight is 281 g/mol. The number of aromatic nitrogens is 1. The van der Waals surface area contributed by atoms with Gasteiger partial charge in [-0.3, -0.25) is 15.6 Å². The van der Waals surface area contributed by atoms with E-state index in [0.717, 1.165) is 11.3 Å². The summed E-state index contributed by atoms with van der Waals surface area (Å²) in [6.45, 7) is 3.62. The summed E-state index contributed by atoms with van der Waals surface area (Å²) in [5, 5.41) is 11.9. The van der Waals surface area contributed by atoms with Gasteiger partial charge in [0, 0.05) is 11.9 Å². The van der Waals surface area contributed by atoms with Crippen molar-refractivity contribution < 1.29 is 4.79 Å². The molecule has 0 saturated carbocycles. The number of nitrogens with one attached hydrogen (secondary N) is 2. The lowest BCUT2D eigenvalue weighted by molar-refractivity contribution is 0.102. The zero-order valence-corrected chi connectivity index (χ0v) is 11.8. The number of nitrogen functional groups attached to an aromatic ring is 1. The van der Waals surface area contributed by atoms with Crippen LogP contribution in [0.4, 0.5) is 11.4 Å². The number of benzene rings is 1. The van der Waals surface area contributed by atoms with Crippen LogP contribution in [0, 0.1) is 25.2 Å². The number of anilines is 2. The Morgan fingerprint density at radius 2 is 2.10 bits per heavy atom. The molecule has 0 spiro atoms. The maximum absolute atomic E-state index is 12.3. The molecule has 1 heterocycles. The number of carbonyl (C=O) groups is 1. The second-order valence-electron chi connectivity index (χ2n) is 4.58. The quantitative estimate of drug-likeness (QED) is 0.590. The van der Waals surface area contributed by atoms with E-state index in [1.807, 2.05) is 13.0 Å². The Balaban J connectivity index is 2.36. The maximum Gasteiger partial charge on any atom is 0.259 e. The van der Waals surface area contributed by atoms with Crippen molar-refractivity contribution in [3.8, 4) is 6.07 Å². The molecule has 0 unspecified atom stereocenters. The van der Waals surface area contributed by atoms with Crippen LogP contribution >= 0.6 is 0 Å². The van der Waals surface area contributed by atoms with Crippen molar-refractivity contribution in [2.45, 2.75) is 13.8 Å². The number of amides is 1. The van der Waals surface area contributed by atoms with E-state index in [2.05, 4.69) is 21.8 Å². The molecule has 4 N–H and O–H groups in total. The summed E-state index contributed by atoms with van der Waals surface area (Å²) in [5.74, 6) is 5.04. The number of carbonyl (C=O) groups excluding carboxylic acids is 1. The molecular weight excluding hydrogens is 266 g/mol. The van der Waals surface area contributed by atoms with Gasteiger partial charge in [0.2, 0.25) is 0 Å². The van der Waals surface area contributed by atoms with Crippen LogP contribution in [0.2, 0.25) is 0 Å². The molecule has 0 atom stereocenters. The molecule has 2 rings (SSSR count). The first-order chi connectivity index (χ1) is 10.1. The van der Waals surface area contributed by atoms with Crippen LogP contribution in [0.25, 0.3) is 0 Å². The Labute approximate surface area is 122 Å². The van der Waals surface area contributed by atoms with Crippen molar-refractivity contribution in [1.82, 2.24) is 4.98 Å². The Morgan fingerprint density at radius 3 is 2.76 bits per heavy atom. The smallest absolute Gasteiger partial charge is 0.259 e. The molecule has 0 aliphatic rings. The topological polar surface area (TPSA) is 104 Å². The van der Waals surface area contributed by atoms with Gasteiger partial charge in [0.05, 0.1) is 22.5 Å². The summed E-state index contributed by atoms with van der Waals surface area (Å²) in [7, 11) is 0. The Bertz CT molecular complexity index is 733. The van der Waals surface area contributed by atoms with E-state index in [4.69, 9.17) is 5.84 Å². The SMILES string of the molecule is Cc1cc(NN)c(C(=O)Nc2cccc(C)c2C#N)cn1. The second-order valence-corrected chi connectivity index (χ2v) is 4.58. The van der Waals surface area contributed by atoms with Crippen molar-refractivity contribution in [1.29, 1.82) is 5.26 Å². The number of hydrogen-bond donors (Lipinski definition) is 3. The van der Waals surface area contributed by atoms with Crippen LogP contribution in [0.5, 0.6) is 0 Å². The van der Waals surface area contributed by atoms with Crippen LogP contribution < -0.4 is 16.6 Å². The summed E-state index contributed by atoms with van der Waals surface area (Å²) in [4.78, 5) is 16.4. The van der Waals surface area contributed by atoms with Crippen molar-refractivity contribution in [3.05, 3.63) is 52.8 Å². The van der Waals surface area contributed by atoms with Crippen LogP contribution in [-0.2, 0) is 0 Å². The number of aryl methyl sites for hydroxylation is 2. The fourth-order valence-corrected chi connectivity index (χ4v) is 1.97. The summed E-state index contributed by atoms with van der Waals surface area (Å²) in [6.07, 6.45) is 1.45. The molecule has 2 aromatic rings. The maximum atomic E-state index is 12.3. The zero-order chi connectivity index (χ0) is 15.4.